The molecule has 0 bridgehead atoms. The number of hydrogen-bond acceptors (Lipinski definition) is 4. The molecule has 2 aliphatic heterocycles. The van der Waals surface area contributed by atoms with Crippen molar-refractivity contribution in [1.29, 1.82) is 0 Å². The summed E-state index contributed by atoms with van der Waals surface area (Å²) in [6.07, 6.45) is 7.47. The summed E-state index contributed by atoms with van der Waals surface area (Å²) in [5.74, 6) is 1.98. The van der Waals surface area contributed by atoms with Gasteiger partial charge in [0.2, 0.25) is 5.91 Å². The minimum absolute atomic E-state index is 0. The highest BCUT2D eigenvalue weighted by Crippen LogP contribution is 2.31. The Balaban J connectivity index is 0.00000289. The minimum atomic E-state index is 0. The number of benzene rings is 1. The Hall–Kier alpha value is -2.36. The number of hydrogen-bond donors (Lipinski definition) is 3. The molecule has 1 aromatic carbocycles. The van der Waals surface area contributed by atoms with Gasteiger partial charge in [0, 0.05) is 57.4 Å². The first-order chi connectivity index (χ1) is 15.2. The molecule has 4 rings (SSSR count). The van der Waals surface area contributed by atoms with Gasteiger partial charge in [0.05, 0.1) is 0 Å². The molecule has 3 heterocycles. The number of halogens is 1. The summed E-state index contributed by atoms with van der Waals surface area (Å²) in [5.41, 5.74) is 3.26. The Labute approximate surface area is 207 Å². The number of aliphatic imine (C=N–C) groups is 1. The summed E-state index contributed by atoms with van der Waals surface area (Å²) in [7, 11) is 1.77. The van der Waals surface area contributed by atoms with Crippen molar-refractivity contribution in [2.75, 3.05) is 36.9 Å². The maximum absolute atomic E-state index is 12.1. The first kappa shape index (κ1) is 24.3. The summed E-state index contributed by atoms with van der Waals surface area (Å²) < 4.78 is 0. The summed E-state index contributed by atoms with van der Waals surface area (Å²) in [4.78, 5) is 23.4. The van der Waals surface area contributed by atoms with Gasteiger partial charge in [-0.3, -0.25) is 9.79 Å². The summed E-state index contributed by atoms with van der Waals surface area (Å²) >= 11 is 0. The molecule has 1 amide bonds. The lowest BCUT2D eigenvalue weighted by Gasteiger charge is -2.26. The molecule has 2 aliphatic rings. The smallest absolute Gasteiger partial charge is 0.225 e. The molecule has 1 fully saturated rings. The van der Waals surface area contributed by atoms with Crippen molar-refractivity contribution in [3.8, 4) is 0 Å². The molecular weight excluding hydrogens is 515 g/mol. The predicted octanol–water partition coefficient (Wildman–Crippen LogP) is 3.87. The molecule has 0 aliphatic carbocycles. The van der Waals surface area contributed by atoms with E-state index in [0.29, 0.717) is 19.5 Å². The van der Waals surface area contributed by atoms with Crippen LogP contribution in [-0.4, -0.2) is 43.5 Å². The van der Waals surface area contributed by atoms with E-state index in [1.54, 1.807) is 7.05 Å². The van der Waals surface area contributed by atoms with Crippen LogP contribution in [0.15, 0.2) is 47.6 Å². The van der Waals surface area contributed by atoms with E-state index in [-0.39, 0.29) is 35.8 Å². The Morgan fingerprint density at radius 3 is 2.72 bits per heavy atom. The molecule has 0 radical (unpaired) electrons. The second-order valence-corrected chi connectivity index (χ2v) is 8.27. The fourth-order valence-corrected chi connectivity index (χ4v) is 4.35. The number of rotatable bonds is 5. The molecular formula is C24H33IN6O. The molecule has 2 aromatic rings. The third-order valence-electron chi connectivity index (χ3n) is 6.05. The van der Waals surface area contributed by atoms with Crippen LogP contribution >= 0.6 is 24.0 Å². The van der Waals surface area contributed by atoms with Crippen LogP contribution in [-0.2, 0) is 11.3 Å². The van der Waals surface area contributed by atoms with E-state index in [4.69, 9.17) is 0 Å². The lowest BCUT2D eigenvalue weighted by atomic mass is 9.90. The normalized spacial score (nSPS) is 18.7. The van der Waals surface area contributed by atoms with Gasteiger partial charge in [0.1, 0.15) is 5.82 Å². The van der Waals surface area contributed by atoms with Gasteiger partial charge < -0.3 is 20.9 Å². The highest BCUT2D eigenvalue weighted by Gasteiger charge is 2.24. The molecule has 172 valence electrons. The third kappa shape index (κ3) is 6.34. The first-order valence-electron chi connectivity index (χ1n) is 11.3. The second-order valence-electron chi connectivity index (χ2n) is 8.27. The number of carbonyl (C=O) groups excluding carboxylic acids is 1. The first-order valence-corrected chi connectivity index (χ1v) is 11.3. The van der Waals surface area contributed by atoms with E-state index in [1.807, 2.05) is 30.5 Å². The van der Waals surface area contributed by atoms with Crippen molar-refractivity contribution in [3.63, 3.8) is 0 Å². The highest BCUT2D eigenvalue weighted by molar-refractivity contribution is 14.0. The number of nitrogens with zero attached hydrogens (tertiary/aromatic N) is 3. The van der Waals surface area contributed by atoms with Crippen LogP contribution in [0.4, 0.5) is 11.5 Å². The van der Waals surface area contributed by atoms with Crippen molar-refractivity contribution < 1.29 is 4.79 Å². The molecule has 8 heteroatoms. The number of anilines is 2. The SMILES string of the molecule is CN=C(NCc1ccnc(N2CCCCCC2)c1)NCC1CC(=O)Nc2ccccc21.I. The predicted molar refractivity (Wildman–Crippen MR) is 141 cm³/mol. The zero-order chi connectivity index (χ0) is 21.5. The number of pyridine rings is 1. The lowest BCUT2D eigenvalue weighted by molar-refractivity contribution is -0.116. The Morgan fingerprint density at radius 1 is 1.16 bits per heavy atom. The summed E-state index contributed by atoms with van der Waals surface area (Å²) in [6.45, 7) is 3.50. The van der Waals surface area contributed by atoms with Gasteiger partial charge in [-0.1, -0.05) is 31.0 Å². The number of nitrogens with one attached hydrogen (secondary N) is 3. The molecule has 1 atom stereocenters. The Kier molecular flexibility index (Phi) is 9.13. The van der Waals surface area contributed by atoms with Gasteiger partial charge >= 0.3 is 0 Å². The number of fused-ring (bicyclic) bond motifs is 1. The van der Waals surface area contributed by atoms with Crippen molar-refractivity contribution in [3.05, 3.63) is 53.7 Å². The van der Waals surface area contributed by atoms with Gasteiger partial charge in [0.25, 0.3) is 0 Å². The Morgan fingerprint density at radius 2 is 1.94 bits per heavy atom. The van der Waals surface area contributed by atoms with Crippen molar-refractivity contribution in [2.24, 2.45) is 4.99 Å². The number of carbonyl (C=O) groups is 1. The Bertz CT molecular complexity index is 926. The van der Waals surface area contributed by atoms with Crippen molar-refractivity contribution >= 4 is 47.3 Å². The zero-order valence-corrected chi connectivity index (χ0v) is 21.0. The van der Waals surface area contributed by atoms with Gasteiger partial charge in [-0.15, -0.1) is 24.0 Å². The van der Waals surface area contributed by atoms with Crippen LogP contribution in [0.3, 0.4) is 0 Å². The lowest BCUT2D eigenvalue weighted by Crippen LogP contribution is -2.40. The average molecular weight is 548 g/mol. The largest absolute Gasteiger partial charge is 0.357 e. The quantitative estimate of drug-likeness (QED) is 0.301. The molecule has 1 aromatic heterocycles. The molecule has 3 N–H and O–H groups in total. The highest BCUT2D eigenvalue weighted by atomic mass is 127. The number of amides is 1. The van der Waals surface area contributed by atoms with Crippen LogP contribution in [0.25, 0.3) is 0 Å². The van der Waals surface area contributed by atoms with E-state index in [0.717, 1.165) is 30.6 Å². The maximum Gasteiger partial charge on any atom is 0.225 e. The molecule has 32 heavy (non-hydrogen) atoms. The van der Waals surface area contributed by atoms with Gasteiger partial charge in [-0.25, -0.2) is 4.98 Å². The fourth-order valence-electron chi connectivity index (χ4n) is 4.35. The number of guanidine groups is 1. The van der Waals surface area contributed by atoms with Crippen LogP contribution in [0.1, 0.15) is 49.1 Å². The average Bonchev–Trinajstić information content (AvgIpc) is 3.09. The third-order valence-corrected chi connectivity index (χ3v) is 6.05. The summed E-state index contributed by atoms with van der Waals surface area (Å²) in [6, 6.07) is 12.2. The molecule has 1 saturated heterocycles. The van der Waals surface area contributed by atoms with E-state index in [9.17, 15) is 4.79 Å². The second kappa shape index (κ2) is 12.0. The van der Waals surface area contributed by atoms with E-state index < -0.39 is 0 Å². The minimum Gasteiger partial charge on any atom is -0.357 e. The molecule has 0 saturated carbocycles. The van der Waals surface area contributed by atoms with Crippen LogP contribution < -0.4 is 20.9 Å². The van der Waals surface area contributed by atoms with Crippen LogP contribution in [0.2, 0.25) is 0 Å². The zero-order valence-electron chi connectivity index (χ0n) is 18.6. The number of para-hydroxylation sites is 1. The fraction of sp³-hybridized carbons (Fsp3) is 0.458. The maximum atomic E-state index is 12.1. The van der Waals surface area contributed by atoms with Crippen LogP contribution in [0.5, 0.6) is 0 Å². The number of aromatic nitrogens is 1. The van der Waals surface area contributed by atoms with Crippen molar-refractivity contribution in [2.45, 2.75) is 44.6 Å². The van der Waals surface area contributed by atoms with E-state index >= 15 is 0 Å². The summed E-state index contributed by atoms with van der Waals surface area (Å²) in [5, 5.41) is 9.74. The van der Waals surface area contributed by atoms with Gasteiger partial charge in [-0.05, 0) is 42.2 Å². The van der Waals surface area contributed by atoms with Gasteiger partial charge in [-0.2, -0.15) is 0 Å². The van der Waals surface area contributed by atoms with E-state index in [2.05, 4.69) is 43.0 Å². The molecule has 7 nitrogen and oxygen atoms in total. The molecule has 1 unspecified atom stereocenters. The van der Waals surface area contributed by atoms with Crippen molar-refractivity contribution in [1.82, 2.24) is 15.6 Å². The monoisotopic (exact) mass is 548 g/mol. The topological polar surface area (TPSA) is 81.7 Å². The van der Waals surface area contributed by atoms with E-state index in [1.165, 1.54) is 36.8 Å². The molecule has 0 spiro atoms. The van der Waals surface area contributed by atoms with Gasteiger partial charge in [0.15, 0.2) is 5.96 Å². The van der Waals surface area contributed by atoms with Crippen LogP contribution in [0, 0.1) is 0 Å². The standard InChI is InChI=1S/C24H32N6O.HI/c1-25-24(28-17-19-15-23(31)29-21-9-5-4-8-20(19)21)27-16-18-10-11-26-22(14-18)30-12-6-2-3-7-13-30;/h4-5,8-11,14,19H,2-3,6-7,12-13,15-17H2,1H3,(H,29,31)(H2,25,27,28);1H.